The number of hydrogen-bond donors (Lipinski definition) is 1. The van der Waals surface area contributed by atoms with Crippen molar-refractivity contribution in [2.75, 3.05) is 18.4 Å². The van der Waals surface area contributed by atoms with E-state index in [1.165, 1.54) is 50.5 Å². The zero-order chi connectivity index (χ0) is 19.3. The number of pyridine rings is 1. The number of carbonyl (C=O) groups excluding carboxylic acids is 1. The molecule has 1 amide bonds. The van der Waals surface area contributed by atoms with Crippen molar-refractivity contribution >= 4 is 11.9 Å². The van der Waals surface area contributed by atoms with Gasteiger partial charge in [-0.1, -0.05) is 31.7 Å². The molecule has 1 aromatic rings. The van der Waals surface area contributed by atoms with Crippen LogP contribution in [0.5, 0.6) is 0 Å². The van der Waals surface area contributed by atoms with Gasteiger partial charge in [-0.25, -0.2) is 9.78 Å². The lowest BCUT2D eigenvalue weighted by Gasteiger charge is -2.39. The van der Waals surface area contributed by atoms with Crippen LogP contribution >= 0.6 is 0 Å². The minimum Gasteiger partial charge on any atom is -0.444 e. The van der Waals surface area contributed by atoms with Gasteiger partial charge in [0, 0.05) is 25.3 Å². The van der Waals surface area contributed by atoms with Crippen LogP contribution in [0.4, 0.5) is 10.6 Å². The molecule has 1 N–H and O–H groups in total. The first-order valence-electron chi connectivity index (χ1n) is 10.6. The van der Waals surface area contributed by atoms with Gasteiger partial charge in [0.05, 0.1) is 0 Å². The molecule has 5 heteroatoms. The van der Waals surface area contributed by atoms with Gasteiger partial charge < -0.3 is 15.0 Å². The van der Waals surface area contributed by atoms with Gasteiger partial charge in [-0.05, 0) is 64.0 Å². The van der Waals surface area contributed by atoms with Crippen molar-refractivity contribution in [3.63, 3.8) is 0 Å². The molecule has 1 atom stereocenters. The molecule has 0 aromatic carbocycles. The fourth-order valence-corrected chi connectivity index (χ4v) is 3.99. The number of aryl methyl sites for hydroxylation is 1. The summed E-state index contributed by atoms with van der Waals surface area (Å²) < 4.78 is 5.40. The normalized spacial score (nSPS) is 19.8. The highest BCUT2D eigenvalue weighted by Gasteiger charge is 2.33. The molecular formula is C22H35N3O2. The zero-order valence-electron chi connectivity index (χ0n) is 17.2. The summed E-state index contributed by atoms with van der Waals surface area (Å²) in [5.74, 6) is 1.76. The van der Waals surface area contributed by atoms with Crippen LogP contribution < -0.4 is 5.32 Å². The van der Waals surface area contributed by atoms with Gasteiger partial charge >= 0.3 is 6.09 Å². The first-order chi connectivity index (χ1) is 12.9. The van der Waals surface area contributed by atoms with Gasteiger partial charge in [-0.2, -0.15) is 0 Å². The smallest absolute Gasteiger partial charge is 0.410 e. The quantitative estimate of drug-likeness (QED) is 0.682. The fourth-order valence-electron chi connectivity index (χ4n) is 3.99. The van der Waals surface area contributed by atoms with E-state index in [-0.39, 0.29) is 6.09 Å². The Balaban J connectivity index is 1.20. The number of aromatic nitrogens is 1. The highest BCUT2D eigenvalue weighted by Crippen LogP contribution is 2.26. The summed E-state index contributed by atoms with van der Waals surface area (Å²) in [7, 11) is 0. The van der Waals surface area contributed by atoms with Crippen LogP contribution in [0, 0.1) is 5.92 Å². The molecule has 1 aromatic heterocycles. The topological polar surface area (TPSA) is 54.5 Å². The van der Waals surface area contributed by atoms with E-state index in [0.717, 1.165) is 25.3 Å². The second-order valence-electron chi connectivity index (χ2n) is 9.13. The molecule has 2 aliphatic rings. The Labute approximate surface area is 163 Å². The highest BCUT2D eigenvalue weighted by atomic mass is 16.6. The number of hydrogen-bond acceptors (Lipinski definition) is 4. The molecule has 0 aliphatic carbocycles. The summed E-state index contributed by atoms with van der Waals surface area (Å²) in [6.07, 6.45) is 11.7. The number of likely N-dealkylation sites (tertiary alicyclic amines) is 1. The van der Waals surface area contributed by atoms with Crippen LogP contribution in [-0.4, -0.2) is 40.7 Å². The van der Waals surface area contributed by atoms with Gasteiger partial charge in [-0.15, -0.1) is 0 Å². The van der Waals surface area contributed by atoms with Crippen molar-refractivity contribution < 1.29 is 9.53 Å². The Bertz CT molecular complexity index is 620. The SMILES string of the molecule is CC(C)(C)OC(=O)N1CC(CCCCCCC2CCc3cccnc3N2)C1. The molecule has 0 saturated carbocycles. The molecule has 2 aliphatic heterocycles. The van der Waals surface area contributed by atoms with Crippen LogP contribution in [0.3, 0.4) is 0 Å². The summed E-state index contributed by atoms with van der Waals surface area (Å²) in [5, 5.41) is 3.60. The first kappa shape index (κ1) is 20.0. The van der Waals surface area contributed by atoms with Gasteiger partial charge in [0.25, 0.3) is 0 Å². The van der Waals surface area contributed by atoms with Crippen LogP contribution in [0.15, 0.2) is 18.3 Å². The minimum absolute atomic E-state index is 0.158. The van der Waals surface area contributed by atoms with E-state index < -0.39 is 5.60 Å². The molecule has 27 heavy (non-hydrogen) atoms. The monoisotopic (exact) mass is 373 g/mol. The number of anilines is 1. The largest absolute Gasteiger partial charge is 0.444 e. The number of rotatable bonds is 7. The van der Waals surface area contributed by atoms with Crippen molar-refractivity contribution in [3.05, 3.63) is 23.9 Å². The van der Waals surface area contributed by atoms with Gasteiger partial charge in [0.1, 0.15) is 11.4 Å². The van der Waals surface area contributed by atoms with Crippen LogP contribution in [0.25, 0.3) is 0 Å². The summed E-state index contributed by atoms with van der Waals surface area (Å²) in [6.45, 7) is 7.49. The number of amides is 1. The molecule has 150 valence electrons. The van der Waals surface area contributed by atoms with E-state index in [4.69, 9.17) is 4.74 Å². The number of unbranched alkanes of at least 4 members (excludes halogenated alkanes) is 3. The van der Waals surface area contributed by atoms with E-state index in [1.807, 2.05) is 37.9 Å². The summed E-state index contributed by atoms with van der Waals surface area (Å²) in [4.78, 5) is 18.2. The van der Waals surface area contributed by atoms with Crippen molar-refractivity contribution in [2.24, 2.45) is 5.92 Å². The van der Waals surface area contributed by atoms with Crippen LogP contribution in [0.1, 0.15) is 71.3 Å². The lowest BCUT2D eigenvalue weighted by Crippen LogP contribution is -2.51. The zero-order valence-corrected chi connectivity index (χ0v) is 17.2. The molecule has 0 radical (unpaired) electrons. The van der Waals surface area contributed by atoms with E-state index in [2.05, 4.69) is 16.4 Å². The second kappa shape index (κ2) is 8.94. The predicted molar refractivity (Wildman–Crippen MR) is 109 cm³/mol. The standard InChI is InChI=1S/C22H35N3O2/c1-22(2,3)27-21(26)25-15-17(16-25)9-6-4-5-7-11-19-13-12-18-10-8-14-23-20(18)24-19/h8,10,14,17,19H,4-7,9,11-13,15-16H2,1-3H3,(H,23,24). The number of ether oxygens (including phenoxy) is 1. The Morgan fingerprint density at radius 2 is 1.96 bits per heavy atom. The molecule has 3 heterocycles. The fraction of sp³-hybridized carbons (Fsp3) is 0.727. The molecule has 1 unspecified atom stereocenters. The Hall–Kier alpha value is -1.78. The lowest BCUT2D eigenvalue weighted by molar-refractivity contribution is -0.00242. The maximum atomic E-state index is 11.9. The maximum Gasteiger partial charge on any atom is 0.410 e. The van der Waals surface area contributed by atoms with E-state index in [1.54, 1.807) is 0 Å². The average Bonchev–Trinajstić information content (AvgIpc) is 2.57. The van der Waals surface area contributed by atoms with Crippen molar-refractivity contribution in [3.8, 4) is 0 Å². The average molecular weight is 374 g/mol. The van der Waals surface area contributed by atoms with Crippen LogP contribution in [-0.2, 0) is 11.2 Å². The van der Waals surface area contributed by atoms with Crippen molar-refractivity contribution in [1.82, 2.24) is 9.88 Å². The molecule has 3 rings (SSSR count). The Kier molecular flexibility index (Phi) is 6.61. The summed E-state index contributed by atoms with van der Waals surface area (Å²) in [5.41, 5.74) is 0.961. The molecular weight excluding hydrogens is 338 g/mol. The number of carbonyl (C=O) groups is 1. The second-order valence-corrected chi connectivity index (χ2v) is 9.13. The van der Waals surface area contributed by atoms with E-state index in [9.17, 15) is 4.79 Å². The van der Waals surface area contributed by atoms with Crippen LogP contribution in [0.2, 0.25) is 0 Å². The molecule has 0 spiro atoms. The lowest BCUT2D eigenvalue weighted by atomic mass is 9.93. The minimum atomic E-state index is -0.395. The Morgan fingerprint density at radius 1 is 1.22 bits per heavy atom. The number of nitrogens with zero attached hydrogens (tertiary/aromatic N) is 2. The number of fused-ring (bicyclic) bond motifs is 1. The van der Waals surface area contributed by atoms with E-state index in [0.29, 0.717) is 12.0 Å². The third-order valence-corrected chi connectivity index (χ3v) is 5.52. The first-order valence-corrected chi connectivity index (χ1v) is 10.6. The predicted octanol–water partition coefficient (Wildman–Crippen LogP) is 5.02. The van der Waals surface area contributed by atoms with Crippen molar-refractivity contribution in [1.29, 1.82) is 0 Å². The van der Waals surface area contributed by atoms with Gasteiger partial charge in [-0.3, -0.25) is 0 Å². The third kappa shape index (κ3) is 6.12. The summed E-state index contributed by atoms with van der Waals surface area (Å²) >= 11 is 0. The Morgan fingerprint density at radius 3 is 2.70 bits per heavy atom. The van der Waals surface area contributed by atoms with Gasteiger partial charge in [0.2, 0.25) is 0 Å². The molecule has 1 saturated heterocycles. The number of nitrogens with one attached hydrogen (secondary N) is 1. The third-order valence-electron chi connectivity index (χ3n) is 5.52. The summed E-state index contributed by atoms with van der Waals surface area (Å²) in [6, 6.07) is 4.78. The highest BCUT2D eigenvalue weighted by molar-refractivity contribution is 5.69. The van der Waals surface area contributed by atoms with Gasteiger partial charge in [0.15, 0.2) is 0 Å². The maximum absolute atomic E-state index is 11.9. The molecule has 0 bridgehead atoms. The molecule has 5 nitrogen and oxygen atoms in total. The van der Waals surface area contributed by atoms with Crippen molar-refractivity contribution in [2.45, 2.75) is 83.8 Å². The van der Waals surface area contributed by atoms with E-state index >= 15 is 0 Å². The molecule has 1 fully saturated rings.